The molecule has 5 heteroatoms. The van der Waals surface area contributed by atoms with Crippen molar-refractivity contribution >= 4 is 12.1 Å². The number of hydrogen-bond donors (Lipinski definition) is 2. The van der Waals surface area contributed by atoms with Crippen molar-refractivity contribution in [3.63, 3.8) is 0 Å². The first kappa shape index (κ1) is 12.2. The van der Waals surface area contributed by atoms with Gasteiger partial charge in [0.1, 0.15) is 5.70 Å². The Labute approximate surface area is 82.8 Å². The van der Waals surface area contributed by atoms with Crippen LogP contribution in [-0.4, -0.2) is 25.7 Å². The summed E-state index contributed by atoms with van der Waals surface area (Å²) < 4.78 is 0. The molecular weight excluding hydrogens is 182 g/mol. The number of nitrogens with one attached hydrogen (secondary N) is 2. The first-order valence-electron chi connectivity index (χ1n) is 4.16. The average Bonchev–Trinajstić information content (AvgIpc) is 2.22. The second-order valence-electron chi connectivity index (χ2n) is 2.57. The molecule has 14 heavy (non-hydrogen) atoms. The van der Waals surface area contributed by atoms with Gasteiger partial charge in [0.05, 0.1) is 12.5 Å². The Morgan fingerprint density at radius 2 is 2.21 bits per heavy atom. The summed E-state index contributed by atoms with van der Waals surface area (Å²) in [4.78, 5) is 21.4. The van der Waals surface area contributed by atoms with Crippen LogP contribution in [0.25, 0.3) is 0 Å². The SMILES string of the molecule is CN/C(C)=C(\NCCC#N)C(=O)C=O. The predicted octanol–water partition coefficient (Wildman–Crippen LogP) is -0.291. The smallest absolute Gasteiger partial charge is 0.242 e. The van der Waals surface area contributed by atoms with Gasteiger partial charge in [-0.3, -0.25) is 9.59 Å². The van der Waals surface area contributed by atoms with E-state index in [1.807, 2.05) is 6.07 Å². The highest BCUT2D eigenvalue weighted by Gasteiger charge is 2.10. The van der Waals surface area contributed by atoms with Crippen LogP contribution in [0.1, 0.15) is 13.3 Å². The Kier molecular flexibility index (Phi) is 5.79. The first-order valence-corrected chi connectivity index (χ1v) is 4.16. The minimum atomic E-state index is -0.616. The summed E-state index contributed by atoms with van der Waals surface area (Å²) in [5.74, 6) is -0.616. The van der Waals surface area contributed by atoms with Crippen molar-refractivity contribution in [2.75, 3.05) is 13.6 Å². The molecule has 0 aromatic rings. The van der Waals surface area contributed by atoms with Gasteiger partial charge < -0.3 is 10.6 Å². The standard InChI is InChI=1S/C9H13N3O2/c1-7(11-2)9(8(14)6-13)12-5-3-4-10/h6,11-12H,3,5H2,1-2H3/b9-7-. The Hall–Kier alpha value is -1.83. The van der Waals surface area contributed by atoms with Crippen molar-refractivity contribution in [3.05, 3.63) is 11.4 Å². The van der Waals surface area contributed by atoms with Crippen LogP contribution < -0.4 is 10.6 Å². The number of Topliss-reactive ketones (excluding diaryl/α,β-unsaturated/α-hetero) is 1. The van der Waals surface area contributed by atoms with E-state index in [1.54, 1.807) is 14.0 Å². The molecule has 0 amide bonds. The van der Waals surface area contributed by atoms with Crippen molar-refractivity contribution in [3.8, 4) is 6.07 Å². The molecule has 0 saturated heterocycles. The third-order valence-electron chi connectivity index (χ3n) is 1.64. The van der Waals surface area contributed by atoms with E-state index in [-0.39, 0.29) is 18.4 Å². The maximum Gasteiger partial charge on any atom is 0.242 e. The van der Waals surface area contributed by atoms with Crippen LogP contribution in [0.4, 0.5) is 0 Å². The Bertz CT molecular complexity index is 289. The van der Waals surface area contributed by atoms with E-state index < -0.39 is 5.78 Å². The molecule has 0 aliphatic rings. The largest absolute Gasteiger partial charge is 0.390 e. The number of carbonyl (C=O) groups is 2. The molecule has 0 unspecified atom stereocenters. The zero-order valence-corrected chi connectivity index (χ0v) is 8.26. The van der Waals surface area contributed by atoms with E-state index in [0.29, 0.717) is 12.2 Å². The highest BCUT2D eigenvalue weighted by Crippen LogP contribution is 1.97. The third-order valence-corrected chi connectivity index (χ3v) is 1.64. The maximum atomic E-state index is 11.1. The Morgan fingerprint density at radius 3 is 2.64 bits per heavy atom. The van der Waals surface area contributed by atoms with Crippen LogP contribution in [0.3, 0.4) is 0 Å². The molecule has 0 aliphatic heterocycles. The molecule has 0 spiro atoms. The molecule has 0 radical (unpaired) electrons. The van der Waals surface area contributed by atoms with Crippen molar-refractivity contribution in [1.29, 1.82) is 5.26 Å². The van der Waals surface area contributed by atoms with Crippen molar-refractivity contribution in [2.24, 2.45) is 0 Å². The molecule has 76 valence electrons. The lowest BCUT2D eigenvalue weighted by atomic mass is 10.2. The molecule has 0 aromatic heterocycles. The fourth-order valence-electron chi connectivity index (χ4n) is 0.832. The molecule has 2 N–H and O–H groups in total. The number of hydrogen-bond acceptors (Lipinski definition) is 5. The summed E-state index contributed by atoms with van der Waals surface area (Å²) in [7, 11) is 1.65. The summed E-state index contributed by atoms with van der Waals surface area (Å²) in [6.45, 7) is 2.03. The van der Waals surface area contributed by atoms with Gasteiger partial charge in [-0.2, -0.15) is 5.26 Å². The molecule has 0 saturated carbocycles. The fraction of sp³-hybridized carbons (Fsp3) is 0.444. The van der Waals surface area contributed by atoms with Gasteiger partial charge in [-0.15, -0.1) is 0 Å². The lowest BCUT2D eigenvalue weighted by molar-refractivity contribution is -0.127. The number of carbonyl (C=O) groups excluding carboxylic acids is 2. The molecule has 0 aromatic carbocycles. The van der Waals surface area contributed by atoms with Crippen molar-refractivity contribution in [1.82, 2.24) is 10.6 Å². The second kappa shape index (κ2) is 6.66. The maximum absolute atomic E-state index is 11.1. The summed E-state index contributed by atoms with van der Waals surface area (Å²) >= 11 is 0. The summed E-state index contributed by atoms with van der Waals surface area (Å²) in [5, 5.41) is 13.8. The molecule has 0 rings (SSSR count). The zero-order chi connectivity index (χ0) is 11.0. The summed E-state index contributed by atoms with van der Waals surface area (Å²) in [6.07, 6.45) is 0.530. The number of ketones is 1. The van der Waals surface area contributed by atoms with Crippen LogP contribution in [0.2, 0.25) is 0 Å². The van der Waals surface area contributed by atoms with Crippen LogP contribution in [-0.2, 0) is 9.59 Å². The van der Waals surface area contributed by atoms with Gasteiger partial charge in [-0.25, -0.2) is 0 Å². The number of aldehydes is 1. The molecule has 0 atom stereocenters. The summed E-state index contributed by atoms with van der Waals surface area (Å²) in [6, 6.07) is 1.93. The number of rotatable bonds is 6. The topological polar surface area (TPSA) is 82.0 Å². The predicted molar refractivity (Wildman–Crippen MR) is 51.1 cm³/mol. The molecule has 0 heterocycles. The average molecular weight is 195 g/mol. The normalized spacial score (nSPS) is 10.9. The number of nitriles is 1. The van der Waals surface area contributed by atoms with E-state index in [4.69, 9.17) is 5.26 Å². The molecule has 5 nitrogen and oxygen atoms in total. The van der Waals surface area contributed by atoms with Gasteiger partial charge in [0.2, 0.25) is 5.78 Å². The monoisotopic (exact) mass is 195 g/mol. The second-order valence-corrected chi connectivity index (χ2v) is 2.57. The highest BCUT2D eigenvalue weighted by molar-refractivity contribution is 6.32. The summed E-state index contributed by atoms with van der Waals surface area (Å²) in [5.41, 5.74) is 0.804. The van der Waals surface area contributed by atoms with Crippen LogP contribution >= 0.6 is 0 Å². The zero-order valence-electron chi connectivity index (χ0n) is 8.26. The van der Waals surface area contributed by atoms with E-state index in [9.17, 15) is 9.59 Å². The minimum absolute atomic E-state index is 0.220. The van der Waals surface area contributed by atoms with Crippen LogP contribution in [0.5, 0.6) is 0 Å². The van der Waals surface area contributed by atoms with Gasteiger partial charge >= 0.3 is 0 Å². The molecule has 0 fully saturated rings. The molecular formula is C9H13N3O2. The Balaban J connectivity index is 4.51. The van der Waals surface area contributed by atoms with Gasteiger partial charge in [-0.05, 0) is 6.92 Å². The third kappa shape index (κ3) is 3.72. The lowest BCUT2D eigenvalue weighted by Gasteiger charge is -2.09. The first-order chi connectivity index (χ1) is 6.67. The van der Waals surface area contributed by atoms with Gasteiger partial charge in [0.15, 0.2) is 6.29 Å². The van der Waals surface area contributed by atoms with E-state index in [1.165, 1.54) is 0 Å². The van der Waals surface area contributed by atoms with E-state index in [2.05, 4.69) is 10.6 Å². The lowest BCUT2D eigenvalue weighted by Crippen LogP contribution is -2.26. The van der Waals surface area contributed by atoms with Gasteiger partial charge in [0, 0.05) is 19.3 Å². The van der Waals surface area contributed by atoms with Crippen LogP contribution in [0, 0.1) is 11.3 Å². The van der Waals surface area contributed by atoms with Crippen molar-refractivity contribution < 1.29 is 9.59 Å². The quantitative estimate of drug-likeness (QED) is 0.263. The highest BCUT2D eigenvalue weighted by atomic mass is 16.2. The van der Waals surface area contributed by atoms with Crippen LogP contribution in [0.15, 0.2) is 11.4 Å². The van der Waals surface area contributed by atoms with E-state index >= 15 is 0 Å². The van der Waals surface area contributed by atoms with E-state index in [0.717, 1.165) is 0 Å². The number of allylic oxidation sites excluding steroid dienone is 2. The fourth-order valence-corrected chi connectivity index (χ4v) is 0.832. The molecule has 0 aliphatic carbocycles. The van der Waals surface area contributed by atoms with Gasteiger partial charge in [-0.1, -0.05) is 0 Å². The Morgan fingerprint density at radius 1 is 1.57 bits per heavy atom. The molecule has 0 bridgehead atoms. The van der Waals surface area contributed by atoms with Crippen molar-refractivity contribution in [2.45, 2.75) is 13.3 Å². The van der Waals surface area contributed by atoms with Gasteiger partial charge in [0.25, 0.3) is 0 Å². The minimum Gasteiger partial charge on any atom is -0.390 e. The number of nitrogens with zero attached hydrogens (tertiary/aromatic N) is 1.